The number of benzene rings is 1. The normalized spacial score (nSPS) is 10.7. The highest BCUT2D eigenvalue weighted by atomic mass is 35.5. The van der Waals surface area contributed by atoms with Crippen LogP contribution in [-0.2, 0) is 6.54 Å². The second kappa shape index (κ2) is 6.17. The van der Waals surface area contributed by atoms with Gasteiger partial charge in [-0.1, -0.05) is 53.3 Å². The highest BCUT2D eigenvalue weighted by molar-refractivity contribution is 7.17. The SMILES string of the molecule is CC(C)N(Cc1ccccc1)c1nc(Cl)c(C=O)s1. The Kier molecular flexibility index (Phi) is 4.56. The van der Waals surface area contributed by atoms with Crippen LogP contribution in [0.5, 0.6) is 0 Å². The van der Waals surface area contributed by atoms with Gasteiger partial charge in [-0.2, -0.15) is 0 Å². The number of hydrogen-bond acceptors (Lipinski definition) is 4. The average Bonchev–Trinajstić information content (AvgIpc) is 2.77. The van der Waals surface area contributed by atoms with Crippen LogP contribution in [0.1, 0.15) is 29.1 Å². The number of halogens is 1. The van der Waals surface area contributed by atoms with Crippen molar-refractivity contribution >= 4 is 34.4 Å². The standard InChI is InChI=1S/C14H15ClN2OS/c1-10(2)17(8-11-6-4-3-5-7-11)14-16-13(15)12(9-18)19-14/h3-7,9-10H,8H2,1-2H3. The molecule has 0 saturated carbocycles. The van der Waals surface area contributed by atoms with Crippen molar-refractivity contribution in [3.05, 3.63) is 45.9 Å². The summed E-state index contributed by atoms with van der Waals surface area (Å²) in [7, 11) is 0. The van der Waals surface area contributed by atoms with Gasteiger partial charge in [0, 0.05) is 12.6 Å². The lowest BCUT2D eigenvalue weighted by Crippen LogP contribution is -2.29. The maximum Gasteiger partial charge on any atom is 0.187 e. The van der Waals surface area contributed by atoms with Gasteiger partial charge in [0.1, 0.15) is 4.88 Å². The molecule has 0 saturated heterocycles. The number of carbonyl (C=O) groups excluding carboxylic acids is 1. The first-order chi connectivity index (χ1) is 9.11. The topological polar surface area (TPSA) is 33.2 Å². The van der Waals surface area contributed by atoms with E-state index in [2.05, 4.69) is 35.9 Å². The van der Waals surface area contributed by atoms with Crippen LogP contribution in [0.25, 0.3) is 0 Å². The Morgan fingerprint density at radius 1 is 1.37 bits per heavy atom. The van der Waals surface area contributed by atoms with E-state index in [1.54, 1.807) is 0 Å². The van der Waals surface area contributed by atoms with Crippen molar-refractivity contribution in [1.29, 1.82) is 0 Å². The number of aromatic nitrogens is 1. The van der Waals surface area contributed by atoms with E-state index in [0.29, 0.717) is 4.88 Å². The predicted octanol–water partition coefficient (Wildman–Crippen LogP) is 4.02. The van der Waals surface area contributed by atoms with Gasteiger partial charge in [0.25, 0.3) is 0 Å². The molecule has 3 nitrogen and oxygen atoms in total. The van der Waals surface area contributed by atoms with E-state index in [1.165, 1.54) is 16.9 Å². The van der Waals surface area contributed by atoms with E-state index < -0.39 is 0 Å². The molecule has 5 heteroatoms. The van der Waals surface area contributed by atoms with E-state index in [4.69, 9.17) is 11.6 Å². The fourth-order valence-corrected chi connectivity index (χ4v) is 2.94. The number of aldehydes is 1. The first-order valence-electron chi connectivity index (χ1n) is 6.04. The molecule has 0 aliphatic heterocycles. The van der Waals surface area contributed by atoms with Gasteiger partial charge in [0.05, 0.1) is 0 Å². The Morgan fingerprint density at radius 2 is 2.05 bits per heavy atom. The Hall–Kier alpha value is -1.39. The Balaban J connectivity index is 2.27. The lowest BCUT2D eigenvalue weighted by Gasteiger charge is -2.26. The van der Waals surface area contributed by atoms with Gasteiger partial charge < -0.3 is 4.90 Å². The molecule has 1 heterocycles. The molecule has 0 aliphatic rings. The summed E-state index contributed by atoms with van der Waals surface area (Å²) in [6, 6.07) is 10.4. The molecule has 2 rings (SSSR count). The monoisotopic (exact) mass is 294 g/mol. The molecule has 19 heavy (non-hydrogen) atoms. The first kappa shape index (κ1) is 14.0. The van der Waals surface area contributed by atoms with Crippen LogP contribution in [-0.4, -0.2) is 17.3 Å². The molecule has 0 bridgehead atoms. The van der Waals surface area contributed by atoms with Gasteiger partial charge in [-0.05, 0) is 19.4 Å². The second-order valence-electron chi connectivity index (χ2n) is 4.48. The summed E-state index contributed by atoms with van der Waals surface area (Å²) in [6.45, 7) is 4.94. The molecular formula is C14H15ClN2OS. The van der Waals surface area contributed by atoms with Crippen molar-refractivity contribution in [1.82, 2.24) is 4.98 Å². The highest BCUT2D eigenvalue weighted by Crippen LogP contribution is 2.30. The summed E-state index contributed by atoms with van der Waals surface area (Å²) in [5.74, 6) is 0. The fourth-order valence-electron chi connectivity index (χ4n) is 1.75. The van der Waals surface area contributed by atoms with E-state index in [1.807, 2.05) is 18.2 Å². The quantitative estimate of drug-likeness (QED) is 0.781. The Labute approximate surface area is 121 Å². The van der Waals surface area contributed by atoms with Crippen LogP contribution >= 0.6 is 22.9 Å². The van der Waals surface area contributed by atoms with Gasteiger partial charge in [0.15, 0.2) is 16.6 Å². The highest BCUT2D eigenvalue weighted by Gasteiger charge is 2.17. The molecule has 0 aliphatic carbocycles. The molecule has 1 aromatic heterocycles. The summed E-state index contributed by atoms with van der Waals surface area (Å²) in [5, 5.41) is 1.07. The number of hydrogen-bond donors (Lipinski definition) is 0. The lowest BCUT2D eigenvalue weighted by molar-refractivity contribution is 0.112. The Morgan fingerprint density at radius 3 is 2.58 bits per heavy atom. The van der Waals surface area contributed by atoms with Crippen LogP contribution in [0.2, 0.25) is 5.15 Å². The molecule has 1 aromatic carbocycles. The fraction of sp³-hybridized carbons (Fsp3) is 0.286. The third-order valence-corrected chi connectivity index (χ3v) is 4.19. The second-order valence-corrected chi connectivity index (χ2v) is 5.84. The summed E-state index contributed by atoms with van der Waals surface area (Å²) in [4.78, 5) is 17.8. The molecule has 0 unspecified atom stereocenters. The largest absolute Gasteiger partial charge is 0.341 e. The van der Waals surface area contributed by atoms with Crippen molar-refractivity contribution in [2.24, 2.45) is 0 Å². The molecule has 0 fully saturated rings. The smallest absolute Gasteiger partial charge is 0.187 e. The molecule has 0 amide bonds. The number of carbonyl (C=O) groups is 1. The van der Waals surface area contributed by atoms with Crippen molar-refractivity contribution < 1.29 is 4.79 Å². The van der Waals surface area contributed by atoms with Gasteiger partial charge in [-0.3, -0.25) is 4.79 Å². The van der Waals surface area contributed by atoms with Gasteiger partial charge >= 0.3 is 0 Å². The predicted molar refractivity (Wildman–Crippen MR) is 80.3 cm³/mol. The van der Waals surface area contributed by atoms with Gasteiger partial charge in [-0.25, -0.2) is 4.98 Å². The summed E-state index contributed by atoms with van der Waals surface area (Å²) < 4.78 is 0. The summed E-state index contributed by atoms with van der Waals surface area (Å²) in [6.07, 6.45) is 0.754. The molecule has 0 N–H and O–H groups in total. The molecular weight excluding hydrogens is 280 g/mol. The molecule has 0 atom stereocenters. The van der Waals surface area contributed by atoms with Gasteiger partial charge in [-0.15, -0.1) is 0 Å². The maximum absolute atomic E-state index is 10.9. The summed E-state index contributed by atoms with van der Waals surface area (Å²) in [5.41, 5.74) is 1.20. The maximum atomic E-state index is 10.9. The number of rotatable bonds is 5. The average molecular weight is 295 g/mol. The van der Waals surface area contributed by atoms with Crippen LogP contribution in [0, 0.1) is 0 Å². The van der Waals surface area contributed by atoms with Gasteiger partial charge in [0.2, 0.25) is 0 Å². The van der Waals surface area contributed by atoms with E-state index in [0.717, 1.165) is 18.0 Å². The minimum Gasteiger partial charge on any atom is -0.341 e. The third-order valence-electron chi connectivity index (χ3n) is 2.77. The number of thiazole rings is 1. The first-order valence-corrected chi connectivity index (χ1v) is 7.23. The minimum absolute atomic E-state index is 0.280. The minimum atomic E-state index is 0.280. The van der Waals surface area contributed by atoms with E-state index in [9.17, 15) is 4.79 Å². The van der Waals surface area contributed by atoms with Crippen LogP contribution < -0.4 is 4.90 Å². The number of anilines is 1. The van der Waals surface area contributed by atoms with Crippen LogP contribution in [0.4, 0.5) is 5.13 Å². The Bertz CT molecular complexity index is 554. The van der Waals surface area contributed by atoms with Crippen LogP contribution in [0.15, 0.2) is 30.3 Å². The van der Waals surface area contributed by atoms with E-state index in [-0.39, 0.29) is 11.2 Å². The van der Waals surface area contributed by atoms with E-state index >= 15 is 0 Å². The lowest BCUT2D eigenvalue weighted by atomic mass is 10.2. The van der Waals surface area contributed by atoms with Crippen molar-refractivity contribution in [2.45, 2.75) is 26.4 Å². The molecule has 0 spiro atoms. The zero-order valence-electron chi connectivity index (χ0n) is 10.8. The number of nitrogens with zero attached hydrogens (tertiary/aromatic N) is 2. The molecule has 2 aromatic rings. The van der Waals surface area contributed by atoms with Crippen molar-refractivity contribution in [2.75, 3.05) is 4.90 Å². The molecule has 100 valence electrons. The van der Waals surface area contributed by atoms with Crippen LogP contribution in [0.3, 0.4) is 0 Å². The summed E-state index contributed by atoms with van der Waals surface area (Å²) >= 11 is 7.27. The zero-order chi connectivity index (χ0) is 13.8. The van der Waals surface area contributed by atoms with Crippen molar-refractivity contribution in [3.8, 4) is 0 Å². The molecule has 0 radical (unpaired) electrons. The van der Waals surface area contributed by atoms with Crippen molar-refractivity contribution in [3.63, 3.8) is 0 Å². The zero-order valence-corrected chi connectivity index (χ0v) is 12.4. The third kappa shape index (κ3) is 3.33.